The number of carboxylic acids is 1. The number of aliphatic carboxylic acids is 1. The second-order valence-electron chi connectivity index (χ2n) is 6.68. The first kappa shape index (κ1) is 18.3. The third-order valence-corrected chi connectivity index (χ3v) is 4.94. The highest BCUT2D eigenvalue weighted by atomic mass is 16.6. The van der Waals surface area contributed by atoms with Gasteiger partial charge in [-0.05, 0) is 17.0 Å². The molecule has 0 saturated heterocycles. The lowest BCUT2D eigenvalue weighted by atomic mass is 9.91. The van der Waals surface area contributed by atoms with E-state index in [2.05, 4.69) is 0 Å². The Morgan fingerprint density at radius 3 is 2.34 bits per heavy atom. The molecular formula is C21H14N2O6. The first-order valence-electron chi connectivity index (χ1n) is 8.74. The van der Waals surface area contributed by atoms with E-state index in [1.165, 1.54) is 12.1 Å². The second kappa shape index (κ2) is 6.83. The molecule has 8 heteroatoms. The maximum atomic E-state index is 13.1. The lowest BCUT2D eigenvalue weighted by Gasteiger charge is -2.31. The number of nitro groups is 1. The quantitative estimate of drug-likeness (QED) is 0.406. The minimum Gasteiger partial charge on any atom is -0.480 e. The van der Waals surface area contributed by atoms with E-state index in [4.69, 9.17) is 0 Å². The summed E-state index contributed by atoms with van der Waals surface area (Å²) in [6.45, 7) is 0. The zero-order chi connectivity index (χ0) is 20.7. The molecule has 3 aromatic carbocycles. The zero-order valence-electron chi connectivity index (χ0n) is 14.9. The fourth-order valence-corrected chi connectivity index (χ4v) is 3.63. The Morgan fingerprint density at radius 1 is 1.00 bits per heavy atom. The molecule has 8 nitrogen and oxygen atoms in total. The summed E-state index contributed by atoms with van der Waals surface area (Å²) in [4.78, 5) is 49.5. The van der Waals surface area contributed by atoms with Gasteiger partial charge < -0.3 is 5.11 Å². The van der Waals surface area contributed by atoms with E-state index < -0.39 is 28.7 Å². The van der Waals surface area contributed by atoms with Crippen LogP contribution in [0, 0.1) is 10.1 Å². The van der Waals surface area contributed by atoms with Crippen LogP contribution in [0.1, 0.15) is 26.3 Å². The number of hydrogen-bond donors (Lipinski definition) is 1. The number of carbonyl (C=O) groups is 3. The van der Waals surface area contributed by atoms with Crippen molar-refractivity contribution in [3.05, 3.63) is 87.5 Å². The van der Waals surface area contributed by atoms with Crippen LogP contribution in [0.15, 0.2) is 60.7 Å². The molecule has 0 radical (unpaired) electrons. The van der Waals surface area contributed by atoms with Gasteiger partial charge in [-0.2, -0.15) is 0 Å². The minimum absolute atomic E-state index is 0.0521. The van der Waals surface area contributed by atoms with Crippen LogP contribution in [-0.2, 0) is 11.2 Å². The Bertz CT molecular complexity index is 1190. The maximum Gasteiger partial charge on any atom is 0.327 e. The number of carbonyl (C=O) groups excluding carboxylic acids is 2. The predicted molar refractivity (Wildman–Crippen MR) is 103 cm³/mol. The van der Waals surface area contributed by atoms with Gasteiger partial charge in [-0.25, -0.2) is 4.79 Å². The first-order valence-corrected chi connectivity index (χ1v) is 8.74. The highest BCUT2D eigenvalue weighted by Gasteiger charge is 2.41. The van der Waals surface area contributed by atoms with Gasteiger partial charge in [0, 0.05) is 29.5 Å². The molecule has 0 fully saturated rings. The molecule has 29 heavy (non-hydrogen) atoms. The maximum absolute atomic E-state index is 13.1. The van der Waals surface area contributed by atoms with Gasteiger partial charge in [-0.15, -0.1) is 0 Å². The van der Waals surface area contributed by atoms with E-state index >= 15 is 0 Å². The molecule has 0 spiro atoms. The van der Waals surface area contributed by atoms with Crippen molar-refractivity contribution in [2.45, 2.75) is 12.5 Å². The monoisotopic (exact) mass is 390 g/mol. The van der Waals surface area contributed by atoms with Crippen LogP contribution in [0.3, 0.4) is 0 Å². The number of imide groups is 1. The van der Waals surface area contributed by atoms with E-state index in [0.717, 1.165) is 6.07 Å². The molecule has 2 amide bonds. The number of amides is 2. The summed E-state index contributed by atoms with van der Waals surface area (Å²) >= 11 is 0. The van der Waals surface area contributed by atoms with E-state index in [9.17, 15) is 29.6 Å². The number of carboxylic acid groups (broad SMARTS) is 1. The SMILES string of the molecule is O=C(O)[C@H](Cc1ccccc1)N1C(=O)c2cccc3cc([N+](=O)[O-])cc(c23)C1=O. The van der Waals surface area contributed by atoms with Gasteiger partial charge in [0.2, 0.25) is 0 Å². The molecule has 0 aromatic heterocycles. The molecule has 1 aliphatic heterocycles. The van der Waals surface area contributed by atoms with Crippen molar-refractivity contribution in [1.29, 1.82) is 0 Å². The van der Waals surface area contributed by atoms with Gasteiger partial charge in [0.1, 0.15) is 6.04 Å². The number of benzene rings is 3. The van der Waals surface area contributed by atoms with Gasteiger partial charge in [0.25, 0.3) is 17.5 Å². The Kier molecular flexibility index (Phi) is 4.31. The molecule has 1 aliphatic rings. The Labute approximate surface area is 164 Å². The van der Waals surface area contributed by atoms with Crippen LogP contribution in [0.4, 0.5) is 5.69 Å². The van der Waals surface area contributed by atoms with Crippen molar-refractivity contribution in [2.75, 3.05) is 0 Å². The smallest absolute Gasteiger partial charge is 0.327 e. The number of hydrogen-bond acceptors (Lipinski definition) is 5. The molecule has 0 unspecified atom stereocenters. The van der Waals surface area contributed by atoms with Crippen LogP contribution >= 0.6 is 0 Å². The van der Waals surface area contributed by atoms with Crippen LogP contribution in [0.2, 0.25) is 0 Å². The molecule has 0 aliphatic carbocycles. The molecule has 4 rings (SSSR count). The fraction of sp³-hybridized carbons (Fsp3) is 0.0952. The number of nitrogens with zero attached hydrogens (tertiary/aromatic N) is 2. The van der Waals surface area contributed by atoms with Gasteiger partial charge in [0.15, 0.2) is 0 Å². The summed E-state index contributed by atoms with van der Waals surface area (Å²) in [7, 11) is 0. The summed E-state index contributed by atoms with van der Waals surface area (Å²) < 4.78 is 0. The second-order valence-corrected chi connectivity index (χ2v) is 6.68. The fourth-order valence-electron chi connectivity index (χ4n) is 3.63. The Balaban J connectivity index is 1.87. The molecule has 1 N–H and O–H groups in total. The number of nitro benzene ring substituents is 1. The van der Waals surface area contributed by atoms with Crippen molar-refractivity contribution < 1.29 is 24.4 Å². The van der Waals surface area contributed by atoms with Crippen molar-refractivity contribution in [2.24, 2.45) is 0 Å². The molecular weight excluding hydrogens is 376 g/mol. The van der Waals surface area contributed by atoms with Crippen molar-refractivity contribution >= 4 is 34.2 Å². The van der Waals surface area contributed by atoms with E-state index in [0.29, 0.717) is 21.2 Å². The third-order valence-electron chi connectivity index (χ3n) is 4.94. The van der Waals surface area contributed by atoms with Gasteiger partial charge in [-0.3, -0.25) is 24.6 Å². The normalized spacial score (nSPS) is 14.1. The summed E-state index contributed by atoms with van der Waals surface area (Å²) in [6, 6.07) is 14.2. The third kappa shape index (κ3) is 3.00. The Morgan fingerprint density at radius 2 is 1.69 bits per heavy atom. The first-order chi connectivity index (χ1) is 13.9. The summed E-state index contributed by atoms with van der Waals surface area (Å²) in [5.41, 5.74) is 0.431. The van der Waals surface area contributed by atoms with Crippen LogP contribution < -0.4 is 0 Å². The number of non-ortho nitro benzene ring substituents is 1. The molecule has 0 saturated carbocycles. The van der Waals surface area contributed by atoms with Crippen LogP contribution in [0.5, 0.6) is 0 Å². The summed E-state index contributed by atoms with van der Waals surface area (Å²) in [6.07, 6.45) is -0.0755. The Hall–Kier alpha value is -4.07. The van der Waals surface area contributed by atoms with E-state index in [1.54, 1.807) is 42.5 Å². The lowest BCUT2D eigenvalue weighted by Crippen LogP contribution is -2.51. The average Bonchev–Trinajstić information content (AvgIpc) is 2.71. The molecule has 0 bridgehead atoms. The highest BCUT2D eigenvalue weighted by molar-refractivity contribution is 6.26. The van der Waals surface area contributed by atoms with Crippen LogP contribution in [-0.4, -0.2) is 38.8 Å². The zero-order valence-corrected chi connectivity index (χ0v) is 14.9. The van der Waals surface area contributed by atoms with Gasteiger partial charge in [0.05, 0.1) is 10.5 Å². The van der Waals surface area contributed by atoms with Crippen molar-refractivity contribution in [1.82, 2.24) is 4.90 Å². The van der Waals surface area contributed by atoms with Crippen LogP contribution in [0.25, 0.3) is 10.8 Å². The highest BCUT2D eigenvalue weighted by Crippen LogP contribution is 2.34. The van der Waals surface area contributed by atoms with Gasteiger partial charge in [-0.1, -0.05) is 42.5 Å². The van der Waals surface area contributed by atoms with Crippen molar-refractivity contribution in [3.63, 3.8) is 0 Å². The van der Waals surface area contributed by atoms with E-state index in [-0.39, 0.29) is 23.2 Å². The largest absolute Gasteiger partial charge is 0.480 e. The number of rotatable bonds is 5. The van der Waals surface area contributed by atoms with Gasteiger partial charge >= 0.3 is 5.97 Å². The lowest BCUT2D eigenvalue weighted by molar-refractivity contribution is -0.384. The van der Waals surface area contributed by atoms with Crippen molar-refractivity contribution in [3.8, 4) is 0 Å². The molecule has 1 heterocycles. The van der Waals surface area contributed by atoms with E-state index in [1.807, 2.05) is 0 Å². The molecule has 1 atom stereocenters. The summed E-state index contributed by atoms with van der Waals surface area (Å²) in [5.74, 6) is -2.92. The standard InChI is InChI=1S/C21H14N2O6/c24-19-15-8-4-7-13-10-14(23(28)29)11-16(18(13)15)20(25)22(19)17(21(26)27)9-12-5-2-1-3-6-12/h1-8,10-11,17H,9H2,(H,26,27)/t17-/m0/s1. The summed E-state index contributed by atoms with van der Waals surface area (Å²) in [5, 5.41) is 21.7. The average molecular weight is 390 g/mol. The topological polar surface area (TPSA) is 118 Å². The molecule has 144 valence electrons. The predicted octanol–water partition coefficient (Wildman–Crippen LogP) is 3.04. The molecule has 3 aromatic rings. The minimum atomic E-state index is -1.44.